The van der Waals surface area contributed by atoms with Crippen LogP contribution in [0.1, 0.15) is 26.7 Å². The average molecular weight is 279 g/mol. The number of amides is 1. The minimum atomic E-state index is -0.0864. The van der Waals surface area contributed by atoms with Gasteiger partial charge in [0.2, 0.25) is 0 Å². The number of hydrogen-bond acceptors (Lipinski definition) is 4. The third-order valence-electron chi connectivity index (χ3n) is 3.12. The lowest BCUT2D eigenvalue weighted by Crippen LogP contribution is -2.30. The molecule has 0 atom stereocenters. The predicted octanol–water partition coefficient (Wildman–Crippen LogP) is 1.70. The number of ether oxygens (including phenoxy) is 1. The number of rotatable bonds is 10. The Balaban J connectivity index is 2.03. The fraction of sp³-hybridized carbons (Fsp3) is 0.600. The van der Waals surface area contributed by atoms with Crippen molar-refractivity contribution in [3.05, 3.63) is 24.5 Å². The van der Waals surface area contributed by atoms with E-state index in [0.29, 0.717) is 12.3 Å². The van der Waals surface area contributed by atoms with Crippen LogP contribution in [-0.2, 0) is 4.79 Å². The van der Waals surface area contributed by atoms with E-state index in [4.69, 9.17) is 4.74 Å². The Bertz CT molecular complexity index is 367. The number of carbonyl (C=O) groups excluding carboxylic acids is 1. The van der Waals surface area contributed by atoms with E-state index in [1.165, 1.54) is 0 Å². The summed E-state index contributed by atoms with van der Waals surface area (Å²) in [5, 5.41) is 2.86. The molecule has 1 rings (SSSR count). The zero-order chi connectivity index (χ0) is 14.6. The van der Waals surface area contributed by atoms with Gasteiger partial charge in [0.1, 0.15) is 5.75 Å². The molecule has 0 unspecified atom stereocenters. The fourth-order valence-electron chi connectivity index (χ4n) is 1.86. The Morgan fingerprint density at radius 1 is 1.35 bits per heavy atom. The number of carbonyl (C=O) groups is 1. The molecule has 20 heavy (non-hydrogen) atoms. The maximum atomic E-state index is 11.6. The molecular formula is C15H25N3O2. The highest BCUT2D eigenvalue weighted by molar-refractivity contribution is 5.77. The molecule has 112 valence electrons. The second-order valence-electron chi connectivity index (χ2n) is 4.56. The molecule has 1 N–H and O–H groups in total. The first kappa shape index (κ1) is 16.4. The third-order valence-corrected chi connectivity index (χ3v) is 3.12. The first-order valence-electron chi connectivity index (χ1n) is 7.28. The number of aromatic nitrogens is 1. The van der Waals surface area contributed by atoms with E-state index in [2.05, 4.69) is 29.0 Å². The van der Waals surface area contributed by atoms with Crippen molar-refractivity contribution in [2.24, 2.45) is 0 Å². The molecule has 0 aromatic carbocycles. The molecule has 0 aliphatic rings. The maximum absolute atomic E-state index is 11.6. The van der Waals surface area contributed by atoms with Crippen molar-refractivity contribution in [1.29, 1.82) is 0 Å². The summed E-state index contributed by atoms with van der Waals surface area (Å²) >= 11 is 0. The monoisotopic (exact) mass is 279 g/mol. The topological polar surface area (TPSA) is 54.5 Å². The highest BCUT2D eigenvalue weighted by atomic mass is 16.5. The molecule has 0 saturated carbocycles. The van der Waals surface area contributed by atoms with Gasteiger partial charge < -0.3 is 15.0 Å². The van der Waals surface area contributed by atoms with E-state index in [9.17, 15) is 4.79 Å². The van der Waals surface area contributed by atoms with Crippen LogP contribution in [0.25, 0.3) is 0 Å². The lowest BCUT2D eigenvalue weighted by Gasteiger charge is -2.17. The first-order chi connectivity index (χ1) is 9.76. The van der Waals surface area contributed by atoms with Gasteiger partial charge in [0.25, 0.3) is 5.91 Å². The van der Waals surface area contributed by atoms with Gasteiger partial charge in [0, 0.05) is 12.7 Å². The van der Waals surface area contributed by atoms with Crippen LogP contribution in [0.5, 0.6) is 5.75 Å². The summed E-state index contributed by atoms with van der Waals surface area (Å²) in [6.07, 6.45) is 5.36. The fourth-order valence-corrected chi connectivity index (χ4v) is 1.86. The van der Waals surface area contributed by atoms with Crippen molar-refractivity contribution in [2.45, 2.75) is 26.7 Å². The third kappa shape index (κ3) is 7.09. The van der Waals surface area contributed by atoms with Gasteiger partial charge >= 0.3 is 0 Å². The molecule has 0 bridgehead atoms. The minimum absolute atomic E-state index is 0.0434. The minimum Gasteiger partial charge on any atom is -0.482 e. The molecule has 1 amide bonds. The van der Waals surface area contributed by atoms with E-state index in [1.54, 1.807) is 24.5 Å². The van der Waals surface area contributed by atoms with Crippen LogP contribution in [0.2, 0.25) is 0 Å². The van der Waals surface area contributed by atoms with Crippen molar-refractivity contribution < 1.29 is 9.53 Å². The summed E-state index contributed by atoms with van der Waals surface area (Å²) in [6.45, 7) is 8.35. The maximum Gasteiger partial charge on any atom is 0.257 e. The van der Waals surface area contributed by atoms with Crippen LogP contribution in [0.15, 0.2) is 24.5 Å². The predicted molar refractivity (Wildman–Crippen MR) is 79.8 cm³/mol. The van der Waals surface area contributed by atoms with Gasteiger partial charge in [-0.2, -0.15) is 0 Å². The normalized spacial score (nSPS) is 10.6. The molecule has 0 saturated heterocycles. The highest BCUT2D eigenvalue weighted by Crippen LogP contribution is 2.05. The lowest BCUT2D eigenvalue weighted by molar-refractivity contribution is -0.123. The van der Waals surface area contributed by atoms with E-state index < -0.39 is 0 Å². The summed E-state index contributed by atoms with van der Waals surface area (Å²) in [5.74, 6) is 0.529. The molecular weight excluding hydrogens is 254 g/mol. The van der Waals surface area contributed by atoms with Crippen LogP contribution in [0.4, 0.5) is 0 Å². The number of hydrogen-bond donors (Lipinski definition) is 1. The molecule has 5 heteroatoms. The first-order valence-corrected chi connectivity index (χ1v) is 7.28. The lowest BCUT2D eigenvalue weighted by atomic mass is 10.3. The summed E-state index contributed by atoms with van der Waals surface area (Å²) in [7, 11) is 0. The number of pyridine rings is 1. The van der Waals surface area contributed by atoms with Crippen molar-refractivity contribution in [3.8, 4) is 5.75 Å². The van der Waals surface area contributed by atoms with Crippen molar-refractivity contribution in [2.75, 3.05) is 32.8 Å². The largest absolute Gasteiger partial charge is 0.482 e. The van der Waals surface area contributed by atoms with Gasteiger partial charge in [-0.25, -0.2) is 0 Å². The highest BCUT2D eigenvalue weighted by Gasteiger charge is 2.02. The molecule has 0 aliphatic carbocycles. The molecule has 5 nitrogen and oxygen atoms in total. The second kappa shape index (κ2) is 10.2. The Labute approximate surface area is 121 Å². The van der Waals surface area contributed by atoms with E-state index in [0.717, 1.165) is 32.5 Å². The quantitative estimate of drug-likeness (QED) is 0.662. The van der Waals surface area contributed by atoms with Gasteiger partial charge in [-0.05, 0) is 44.6 Å². The SMILES string of the molecule is CCN(CC)CCCCNC(=O)COc1cccnc1. The number of nitrogens with one attached hydrogen (secondary N) is 1. The molecule has 1 aromatic heterocycles. The molecule has 0 fully saturated rings. The summed E-state index contributed by atoms with van der Waals surface area (Å²) in [4.78, 5) is 17.9. The van der Waals surface area contributed by atoms with Gasteiger partial charge in [-0.15, -0.1) is 0 Å². The van der Waals surface area contributed by atoms with Gasteiger partial charge in [-0.3, -0.25) is 9.78 Å². The summed E-state index contributed by atoms with van der Waals surface area (Å²) < 4.78 is 5.32. The Hall–Kier alpha value is -1.62. The summed E-state index contributed by atoms with van der Waals surface area (Å²) in [5.41, 5.74) is 0. The smallest absolute Gasteiger partial charge is 0.257 e. The van der Waals surface area contributed by atoms with E-state index in [-0.39, 0.29) is 12.5 Å². The average Bonchev–Trinajstić information content (AvgIpc) is 2.50. The molecule has 1 heterocycles. The van der Waals surface area contributed by atoms with E-state index in [1.807, 2.05) is 0 Å². The standard InChI is InChI=1S/C15H25N3O2/c1-3-18(4-2)11-6-5-10-17-15(19)13-20-14-8-7-9-16-12-14/h7-9,12H,3-6,10-11,13H2,1-2H3,(H,17,19). The van der Waals surface area contributed by atoms with Gasteiger partial charge in [-0.1, -0.05) is 13.8 Å². The second-order valence-corrected chi connectivity index (χ2v) is 4.56. The van der Waals surface area contributed by atoms with Gasteiger partial charge in [0.15, 0.2) is 6.61 Å². The van der Waals surface area contributed by atoms with Crippen molar-refractivity contribution in [1.82, 2.24) is 15.2 Å². The van der Waals surface area contributed by atoms with Gasteiger partial charge in [0.05, 0.1) is 6.20 Å². The summed E-state index contributed by atoms with van der Waals surface area (Å²) in [6, 6.07) is 3.56. The zero-order valence-corrected chi connectivity index (χ0v) is 12.5. The molecule has 1 aromatic rings. The Kier molecular flexibility index (Phi) is 8.38. The van der Waals surface area contributed by atoms with Crippen LogP contribution < -0.4 is 10.1 Å². The zero-order valence-electron chi connectivity index (χ0n) is 12.5. The number of nitrogens with zero attached hydrogens (tertiary/aromatic N) is 2. The van der Waals surface area contributed by atoms with Crippen molar-refractivity contribution >= 4 is 5.91 Å². The van der Waals surface area contributed by atoms with E-state index >= 15 is 0 Å². The molecule has 0 radical (unpaired) electrons. The number of unbranched alkanes of at least 4 members (excludes halogenated alkanes) is 1. The molecule has 0 spiro atoms. The van der Waals surface area contributed by atoms with Crippen LogP contribution in [-0.4, -0.2) is 48.6 Å². The van der Waals surface area contributed by atoms with Crippen LogP contribution in [0, 0.1) is 0 Å². The van der Waals surface area contributed by atoms with Crippen molar-refractivity contribution in [3.63, 3.8) is 0 Å². The Morgan fingerprint density at radius 3 is 2.80 bits per heavy atom. The Morgan fingerprint density at radius 2 is 2.15 bits per heavy atom. The van der Waals surface area contributed by atoms with Crippen LogP contribution in [0.3, 0.4) is 0 Å². The van der Waals surface area contributed by atoms with Crippen LogP contribution >= 0.6 is 0 Å². The molecule has 0 aliphatic heterocycles.